The number of amides is 1. The van der Waals surface area contributed by atoms with Gasteiger partial charge in [-0.25, -0.2) is 0 Å². The average molecular weight is 556 g/mol. The molecule has 0 aliphatic carbocycles. The summed E-state index contributed by atoms with van der Waals surface area (Å²) < 4.78 is 0. The van der Waals surface area contributed by atoms with Crippen molar-refractivity contribution in [1.29, 1.82) is 0 Å². The molecule has 6 nitrogen and oxygen atoms in total. The second kappa shape index (κ2) is 13.0. The Kier molecular flexibility index (Phi) is 10.8. The molecule has 0 saturated heterocycles. The number of benzene rings is 1. The normalized spacial score (nSPS) is 14.6. The van der Waals surface area contributed by atoms with Crippen LogP contribution in [0.1, 0.15) is 29.3 Å². The zero-order valence-electron chi connectivity index (χ0n) is 18.6. The van der Waals surface area contributed by atoms with Gasteiger partial charge in [-0.1, -0.05) is 30.3 Å². The Labute approximate surface area is 207 Å². The molecule has 1 atom stereocenters. The van der Waals surface area contributed by atoms with Crippen LogP contribution in [0.4, 0.5) is 0 Å². The van der Waals surface area contributed by atoms with Crippen LogP contribution in [0.5, 0.6) is 0 Å². The third-order valence-electron chi connectivity index (χ3n) is 5.67. The van der Waals surface area contributed by atoms with Crippen molar-refractivity contribution in [3.05, 3.63) is 57.8 Å². The van der Waals surface area contributed by atoms with Crippen molar-refractivity contribution in [1.82, 2.24) is 20.4 Å². The van der Waals surface area contributed by atoms with Gasteiger partial charge >= 0.3 is 0 Å². The number of aliphatic imine (C=N–C) groups is 1. The Morgan fingerprint density at radius 1 is 1.26 bits per heavy atom. The topological polar surface area (TPSA) is 60.0 Å². The SMILES string of the molecule is CN=C(NCCC(C)N(C)Cc1ccccc1)NCC(=O)N1CCc2sccc2C1.I. The maximum absolute atomic E-state index is 12.6. The van der Waals surface area contributed by atoms with E-state index in [0.717, 1.165) is 39.0 Å². The highest BCUT2D eigenvalue weighted by Crippen LogP contribution is 2.23. The minimum atomic E-state index is 0. The van der Waals surface area contributed by atoms with Gasteiger partial charge in [-0.15, -0.1) is 35.3 Å². The van der Waals surface area contributed by atoms with Crippen molar-refractivity contribution < 1.29 is 4.79 Å². The van der Waals surface area contributed by atoms with Gasteiger partial charge in [0.1, 0.15) is 0 Å². The first kappa shape index (κ1) is 25.6. The third kappa shape index (κ3) is 7.76. The second-order valence-electron chi connectivity index (χ2n) is 7.83. The maximum atomic E-state index is 12.6. The predicted molar refractivity (Wildman–Crippen MR) is 140 cm³/mol. The Hall–Kier alpha value is -1.65. The van der Waals surface area contributed by atoms with Crippen molar-refractivity contribution in [3.63, 3.8) is 0 Å². The number of halogens is 1. The van der Waals surface area contributed by atoms with E-state index < -0.39 is 0 Å². The highest BCUT2D eigenvalue weighted by atomic mass is 127. The number of nitrogens with one attached hydrogen (secondary N) is 2. The Balaban J connectivity index is 0.00000341. The largest absolute Gasteiger partial charge is 0.356 e. The molecule has 0 saturated carbocycles. The van der Waals surface area contributed by atoms with E-state index in [2.05, 4.69) is 70.2 Å². The second-order valence-corrected chi connectivity index (χ2v) is 8.83. The van der Waals surface area contributed by atoms with Crippen LogP contribution < -0.4 is 10.6 Å². The molecule has 2 aromatic rings. The molecule has 170 valence electrons. The van der Waals surface area contributed by atoms with Crippen molar-refractivity contribution in [2.45, 2.75) is 38.9 Å². The fourth-order valence-corrected chi connectivity index (χ4v) is 4.49. The van der Waals surface area contributed by atoms with E-state index in [0.29, 0.717) is 12.0 Å². The highest BCUT2D eigenvalue weighted by molar-refractivity contribution is 14.0. The standard InChI is InChI=1S/C23H33N5OS.HI/c1-18(27(3)16-19-7-5-4-6-8-19)9-12-25-23(24-2)26-15-22(29)28-13-10-21-20(17-28)11-14-30-21;/h4-8,11,14,18H,9-10,12-13,15-17H2,1-3H3,(H2,24,25,26);1H. The number of thiophene rings is 1. The van der Waals surface area contributed by atoms with Crippen LogP contribution in [0.25, 0.3) is 0 Å². The first-order chi connectivity index (χ1) is 14.6. The van der Waals surface area contributed by atoms with Crippen LogP contribution in [0.2, 0.25) is 0 Å². The predicted octanol–water partition coefficient (Wildman–Crippen LogP) is 3.33. The van der Waals surface area contributed by atoms with Crippen LogP contribution in [-0.4, -0.2) is 61.4 Å². The van der Waals surface area contributed by atoms with Crippen molar-refractivity contribution in [2.24, 2.45) is 4.99 Å². The molecule has 1 aliphatic heterocycles. The Bertz CT molecular complexity index is 842. The van der Waals surface area contributed by atoms with Gasteiger partial charge in [0.05, 0.1) is 6.54 Å². The van der Waals surface area contributed by atoms with Gasteiger partial charge in [0.2, 0.25) is 5.91 Å². The van der Waals surface area contributed by atoms with Gasteiger partial charge in [-0.2, -0.15) is 0 Å². The van der Waals surface area contributed by atoms with E-state index in [1.54, 1.807) is 18.4 Å². The highest BCUT2D eigenvalue weighted by Gasteiger charge is 2.21. The fourth-order valence-electron chi connectivity index (χ4n) is 3.60. The molecule has 1 aliphatic rings. The number of fused-ring (bicyclic) bond motifs is 1. The van der Waals surface area contributed by atoms with Crippen LogP contribution in [-0.2, 0) is 24.3 Å². The summed E-state index contributed by atoms with van der Waals surface area (Å²) in [6.07, 6.45) is 1.95. The fraction of sp³-hybridized carbons (Fsp3) is 0.478. The molecule has 0 fully saturated rings. The molecule has 0 bridgehead atoms. The van der Waals surface area contributed by atoms with E-state index in [9.17, 15) is 4.79 Å². The number of hydrogen-bond acceptors (Lipinski definition) is 4. The first-order valence-corrected chi connectivity index (χ1v) is 11.5. The summed E-state index contributed by atoms with van der Waals surface area (Å²) in [5.41, 5.74) is 2.61. The van der Waals surface area contributed by atoms with E-state index in [-0.39, 0.29) is 36.4 Å². The van der Waals surface area contributed by atoms with Crippen molar-refractivity contribution >= 4 is 47.2 Å². The zero-order valence-corrected chi connectivity index (χ0v) is 21.8. The van der Waals surface area contributed by atoms with Gasteiger partial charge in [-0.3, -0.25) is 14.7 Å². The molecular weight excluding hydrogens is 521 g/mol. The number of nitrogens with zero attached hydrogens (tertiary/aromatic N) is 3. The van der Waals surface area contributed by atoms with Gasteiger partial charge < -0.3 is 15.5 Å². The van der Waals surface area contributed by atoms with Crippen LogP contribution in [0, 0.1) is 0 Å². The lowest BCUT2D eigenvalue weighted by atomic mass is 10.1. The van der Waals surface area contributed by atoms with E-state index in [1.807, 2.05) is 11.0 Å². The summed E-state index contributed by atoms with van der Waals surface area (Å²) in [6, 6.07) is 13.1. The summed E-state index contributed by atoms with van der Waals surface area (Å²) >= 11 is 1.79. The van der Waals surface area contributed by atoms with E-state index >= 15 is 0 Å². The molecule has 3 rings (SSSR count). The summed E-state index contributed by atoms with van der Waals surface area (Å²) in [4.78, 5) is 22.5. The van der Waals surface area contributed by atoms with Gasteiger partial charge in [0.25, 0.3) is 0 Å². The summed E-state index contributed by atoms with van der Waals surface area (Å²) in [5, 5.41) is 8.61. The van der Waals surface area contributed by atoms with Crippen molar-refractivity contribution in [3.8, 4) is 0 Å². The maximum Gasteiger partial charge on any atom is 0.242 e. The lowest BCUT2D eigenvalue weighted by Crippen LogP contribution is -2.46. The molecule has 0 spiro atoms. The molecule has 8 heteroatoms. The van der Waals surface area contributed by atoms with Crippen LogP contribution in [0.15, 0.2) is 46.8 Å². The number of carbonyl (C=O) groups is 1. The smallest absolute Gasteiger partial charge is 0.242 e. The number of guanidine groups is 1. The Morgan fingerprint density at radius 3 is 2.77 bits per heavy atom. The minimum Gasteiger partial charge on any atom is -0.356 e. The third-order valence-corrected chi connectivity index (χ3v) is 6.70. The molecule has 1 amide bonds. The zero-order chi connectivity index (χ0) is 21.3. The quantitative estimate of drug-likeness (QED) is 0.298. The number of carbonyl (C=O) groups excluding carboxylic acids is 1. The molecule has 1 aromatic carbocycles. The summed E-state index contributed by atoms with van der Waals surface area (Å²) in [6.45, 7) is 5.76. The van der Waals surface area contributed by atoms with E-state index in [4.69, 9.17) is 0 Å². The van der Waals surface area contributed by atoms with Gasteiger partial charge in [0, 0.05) is 44.1 Å². The average Bonchev–Trinajstić information content (AvgIpc) is 3.24. The summed E-state index contributed by atoms with van der Waals surface area (Å²) in [5.74, 6) is 0.792. The van der Waals surface area contributed by atoms with E-state index in [1.165, 1.54) is 16.0 Å². The molecule has 1 aromatic heterocycles. The van der Waals surface area contributed by atoms with Crippen molar-refractivity contribution in [2.75, 3.05) is 33.7 Å². The van der Waals surface area contributed by atoms with Crippen LogP contribution in [0.3, 0.4) is 0 Å². The monoisotopic (exact) mass is 555 g/mol. The number of rotatable bonds is 8. The molecule has 0 radical (unpaired) electrons. The number of hydrogen-bond donors (Lipinski definition) is 2. The lowest BCUT2D eigenvalue weighted by molar-refractivity contribution is -0.130. The first-order valence-electron chi connectivity index (χ1n) is 10.6. The minimum absolute atomic E-state index is 0. The molecule has 1 unspecified atom stereocenters. The Morgan fingerprint density at radius 2 is 2.03 bits per heavy atom. The molecule has 2 heterocycles. The van der Waals surface area contributed by atoms with Gasteiger partial charge in [-0.05, 0) is 49.4 Å². The van der Waals surface area contributed by atoms with Gasteiger partial charge in [0.15, 0.2) is 5.96 Å². The molecule has 2 N–H and O–H groups in total. The molecular formula is C23H34IN5OS. The van der Waals surface area contributed by atoms with Crippen LogP contribution >= 0.6 is 35.3 Å². The molecule has 31 heavy (non-hydrogen) atoms. The lowest BCUT2D eigenvalue weighted by Gasteiger charge is -2.27. The summed E-state index contributed by atoms with van der Waals surface area (Å²) in [7, 11) is 3.89.